The summed E-state index contributed by atoms with van der Waals surface area (Å²) in [5, 5.41) is 16.9. The van der Waals surface area contributed by atoms with Gasteiger partial charge in [-0.2, -0.15) is 0 Å². The second-order valence-corrected chi connectivity index (χ2v) is 5.94. The van der Waals surface area contributed by atoms with E-state index in [1.54, 1.807) is 27.7 Å². The van der Waals surface area contributed by atoms with Gasteiger partial charge in [0.15, 0.2) is 0 Å². The Balaban J connectivity index is 3.75. The van der Waals surface area contributed by atoms with Gasteiger partial charge < -0.3 is 10.2 Å². The SMILES string of the molecule is CC(C)(O)PC(C)(C)O. The Morgan fingerprint density at radius 2 is 1.11 bits per heavy atom. The lowest BCUT2D eigenvalue weighted by molar-refractivity contribution is 0.138. The zero-order valence-electron chi connectivity index (χ0n) is 6.39. The molecular formula is C6H15O2P. The Bertz CT molecular complexity index is 76.2. The van der Waals surface area contributed by atoms with Gasteiger partial charge in [0.2, 0.25) is 0 Å². The van der Waals surface area contributed by atoms with Crippen molar-refractivity contribution in [1.29, 1.82) is 0 Å². The lowest BCUT2D eigenvalue weighted by atomic mass is 10.5. The molecule has 2 nitrogen and oxygen atoms in total. The van der Waals surface area contributed by atoms with Gasteiger partial charge in [0.05, 0.1) is 10.7 Å². The molecule has 0 heterocycles. The lowest BCUT2D eigenvalue weighted by Crippen LogP contribution is -2.22. The summed E-state index contributed by atoms with van der Waals surface area (Å²) in [6.45, 7) is 6.79. The molecule has 3 heteroatoms. The van der Waals surface area contributed by atoms with Gasteiger partial charge >= 0.3 is 0 Å². The summed E-state index contributed by atoms with van der Waals surface area (Å²) < 4.78 is 0. The molecule has 56 valence electrons. The van der Waals surface area contributed by atoms with Crippen molar-refractivity contribution in [3.63, 3.8) is 0 Å². The van der Waals surface area contributed by atoms with Crippen LogP contribution in [0.5, 0.6) is 0 Å². The Hall–Kier alpha value is 0.350. The van der Waals surface area contributed by atoms with Crippen molar-refractivity contribution in [2.24, 2.45) is 0 Å². The molecule has 0 unspecified atom stereocenters. The van der Waals surface area contributed by atoms with Gasteiger partial charge in [-0.15, -0.1) is 0 Å². The second-order valence-electron chi connectivity index (χ2n) is 3.24. The first-order valence-corrected chi connectivity index (χ1v) is 3.95. The smallest absolute Gasteiger partial charge is 0.0778 e. The minimum Gasteiger partial charge on any atom is -0.386 e. The zero-order chi connectivity index (χ0) is 7.71. The first-order chi connectivity index (χ1) is 3.71. The molecule has 0 amide bonds. The average molecular weight is 150 g/mol. The predicted molar refractivity (Wildman–Crippen MR) is 40.9 cm³/mol. The first-order valence-electron chi connectivity index (χ1n) is 2.95. The summed E-state index contributed by atoms with van der Waals surface area (Å²) in [6, 6.07) is 0. The van der Waals surface area contributed by atoms with Gasteiger partial charge in [-0.1, -0.05) is 8.58 Å². The summed E-state index contributed by atoms with van der Waals surface area (Å²) in [5.41, 5.74) is 0. The second kappa shape index (κ2) is 2.53. The molecular weight excluding hydrogens is 135 g/mol. The van der Waals surface area contributed by atoms with Gasteiger partial charge in [0, 0.05) is 0 Å². The molecule has 0 aliphatic heterocycles. The average Bonchev–Trinajstić information content (AvgIpc) is 1.14. The molecule has 0 aliphatic carbocycles. The molecule has 0 spiro atoms. The van der Waals surface area contributed by atoms with Gasteiger partial charge in [0.25, 0.3) is 0 Å². The molecule has 0 aromatic rings. The summed E-state index contributed by atoms with van der Waals surface area (Å²) >= 11 is 0. The lowest BCUT2D eigenvalue weighted by Gasteiger charge is -2.26. The van der Waals surface area contributed by atoms with Crippen molar-refractivity contribution in [2.45, 2.75) is 38.4 Å². The quantitative estimate of drug-likeness (QED) is 0.579. The number of aliphatic hydroxyl groups is 2. The Morgan fingerprint density at radius 1 is 0.889 bits per heavy atom. The molecule has 0 saturated heterocycles. The van der Waals surface area contributed by atoms with E-state index in [2.05, 4.69) is 0 Å². The van der Waals surface area contributed by atoms with Crippen LogP contribution in [0.3, 0.4) is 0 Å². The maximum atomic E-state index is 9.21. The van der Waals surface area contributed by atoms with Gasteiger partial charge in [-0.05, 0) is 27.7 Å². The van der Waals surface area contributed by atoms with E-state index in [1.807, 2.05) is 0 Å². The molecule has 2 N–H and O–H groups in total. The van der Waals surface area contributed by atoms with E-state index in [0.29, 0.717) is 0 Å². The monoisotopic (exact) mass is 150 g/mol. The van der Waals surface area contributed by atoms with Crippen LogP contribution in [0.25, 0.3) is 0 Å². The predicted octanol–water partition coefficient (Wildman–Crippen LogP) is 1.12. The molecule has 0 radical (unpaired) electrons. The minimum atomic E-state index is -0.738. The van der Waals surface area contributed by atoms with Crippen LogP contribution in [0.4, 0.5) is 0 Å². The fourth-order valence-corrected chi connectivity index (χ4v) is 2.25. The van der Waals surface area contributed by atoms with Crippen LogP contribution >= 0.6 is 8.58 Å². The summed E-state index contributed by atoms with van der Waals surface area (Å²) in [7, 11) is 0.162. The molecule has 0 aliphatic rings. The summed E-state index contributed by atoms with van der Waals surface area (Å²) in [4.78, 5) is 0. The molecule has 0 bridgehead atoms. The van der Waals surface area contributed by atoms with E-state index in [9.17, 15) is 10.2 Å². The molecule has 0 saturated carbocycles. The highest BCUT2D eigenvalue weighted by Crippen LogP contribution is 2.38. The highest BCUT2D eigenvalue weighted by Gasteiger charge is 2.23. The van der Waals surface area contributed by atoms with Crippen molar-refractivity contribution in [1.82, 2.24) is 0 Å². The van der Waals surface area contributed by atoms with Gasteiger partial charge in [-0.3, -0.25) is 0 Å². The number of hydrogen-bond acceptors (Lipinski definition) is 2. The van der Waals surface area contributed by atoms with E-state index in [4.69, 9.17) is 0 Å². The fraction of sp³-hybridized carbons (Fsp3) is 1.00. The summed E-state index contributed by atoms with van der Waals surface area (Å²) in [5.74, 6) is 0. The Morgan fingerprint density at radius 3 is 1.11 bits per heavy atom. The van der Waals surface area contributed by atoms with E-state index in [-0.39, 0.29) is 8.58 Å². The molecule has 9 heavy (non-hydrogen) atoms. The van der Waals surface area contributed by atoms with Gasteiger partial charge in [-0.25, -0.2) is 0 Å². The van der Waals surface area contributed by atoms with E-state index in [1.165, 1.54) is 0 Å². The molecule has 0 atom stereocenters. The van der Waals surface area contributed by atoms with Crippen molar-refractivity contribution in [2.75, 3.05) is 0 Å². The maximum Gasteiger partial charge on any atom is 0.0778 e. The van der Waals surface area contributed by atoms with Crippen LogP contribution in [0.2, 0.25) is 0 Å². The van der Waals surface area contributed by atoms with Crippen LogP contribution in [0.1, 0.15) is 27.7 Å². The maximum absolute atomic E-state index is 9.21. The molecule has 0 fully saturated rings. The third kappa shape index (κ3) is 8.35. The molecule has 0 aromatic carbocycles. The van der Waals surface area contributed by atoms with Gasteiger partial charge in [0.1, 0.15) is 0 Å². The third-order valence-electron chi connectivity index (χ3n) is 0.612. The Kier molecular flexibility index (Phi) is 2.63. The number of hydrogen-bond donors (Lipinski definition) is 2. The zero-order valence-corrected chi connectivity index (χ0v) is 7.39. The largest absolute Gasteiger partial charge is 0.386 e. The molecule has 0 aromatic heterocycles. The van der Waals surface area contributed by atoms with E-state index >= 15 is 0 Å². The topological polar surface area (TPSA) is 40.5 Å². The minimum absolute atomic E-state index is 0.162. The van der Waals surface area contributed by atoms with Crippen molar-refractivity contribution in [3.05, 3.63) is 0 Å². The molecule has 0 rings (SSSR count). The highest BCUT2D eigenvalue weighted by atomic mass is 31.1. The van der Waals surface area contributed by atoms with E-state index < -0.39 is 10.7 Å². The van der Waals surface area contributed by atoms with Crippen LogP contribution in [0.15, 0.2) is 0 Å². The Labute approximate surface area is 58.1 Å². The standard InChI is InChI=1S/C6H15O2P/c1-5(2,7)9-6(3,4)8/h7-9H,1-4H3. The van der Waals surface area contributed by atoms with E-state index in [0.717, 1.165) is 0 Å². The first kappa shape index (κ1) is 9.35. The van der Waals surface area contributed by atoms with Crippen molar-refractivity contribution in [3.8, 4) is 0 Å². The highest BCUT2D eigenvalue weighted by molar-refractivity contribution is 7.41. The third-order valence-corrected chi connectivity index (χ3v) is 1.84. The summed E-state index contributed by atoms with van der Waals surface area (Å²) in [6.07, 6.45) is 0. The number of rotatable bonds is 2. The van der Waals surface area contributed by atoms with Crippen LogP contribution in [-0.4, -0.2) is 20.9 Å². The van der Waals surface area contributed by atoms with Crippen LogP contribution < -0.4 is 0 Å². The fourth-order valence-electron chi connectivity index (χ4n) is 0.749. The normalized spacial score (nSPS) is 14.0. The van der Waals surface area contributed by atoms with Crippen LogP contribution in [0, 0.1) is 0 Å². The van der Waals surface area contributed by atoms with Crippen LogP contribution in [-0.2, 0) is 0 Å². The van der Waals surface area contributed by atoms with Crippen molar-refractivity contribution >= 4 is 8.58 Å². The van der Waals surface area contributed by atoms with Crippen molar-refractivity contribution < 1.29 is 10.2 Å².